The van der Waals surface area contributed by atoms with Crippen molar-refractivity contribution in [3.8, 4) is 5.69 Å². The van der Waals surface area contributed by atoms with Crippen molar-refractivity contribution in [2.75, 3.05) is 5.32 Å². The number of benzene rings is 1. The first-order chi connectivity index (χ1) is 9.74. The van der Waals surface area contributed by atoms with Crippen LogP contribution in [0.3, 0.4) is 0 Å². The molecule has 20 heavy (non-hydrogen) atoms. The summed E-state index contributed by atoms with van der Waals surface area (Å²) in [4.78, 5) is 5.23. The Balaban J connectivity index is 1.81. The lowest BCUT2D eigenvalue weighted by atomic mass is 10.2. The van der Waals surface area contributed by atoms with Crippen molar-refractivity contribution in [2.45, 2.75) is 6.54 Å². The molecule has 1 aromatic carbocycles. The molecule has 3 rings (SSSR count). The van der Waals surface area contributed by atoms with Crippen LogP contribution < -0.4 is 5.32 Å². The molecular formula is C13H10Br2N4S. The maximum Gasteiger partial charge on any atom is 0.138 e. The summed E-state index contributed by atoms with van der Waals surface area (Å²) in [6.45, 7) is 0.764. The molecule has 0 amide bonds. The van der Waals surface area contributed by atoms with Crippen molar-refractivity contribution < 1.29 is 0 Å². The Morgan fingerprint density at radius 1 is 1.25 bits per heavy atom. The van der Waals surface area contributed by atoms with Crippen LogP contribution in [0.1, 0.15) is 4.88 Å². The molecule has 0 aliphatic carbocycles. The molecule has 0 spiro atoms. The van der Waals surface area contributed by atoms with Crippen LogP contribution in [-0.4, -0.2) is 14.8 Å². The van der Waals surface area contributed by atoms with Crippen LogP contribution in [0, 0.1) is 0 Å². The third kappa shape index (κ3) is 2.94. The first kappa shape index (κ1) is 13.8. The summed E-state index contributed by atoms with van der Waals surface area (Å²) in [5.41, 5.74) is 2.01. The number of hydrogen-bond donors (Lipinski definition) is 1. The summed E-state index contributed by atoms with van der Waals surface area (Å²) in [5.74, 6) is 0. The maximum absolute atomic E-state index is 4.17. The quantitative estimate of drug-likeness (QED) is 0.686. The second-order valence-corrected chi connectivity index (χ2v) is 7.35. The van der Waals surface area contributed by atoms with Gasteiger partial charge in [-0.1, -0.05) is 12.1 Å². The average molecular weight is 414 g/mol. The van der Waals surface area contributed by atoms with Gasteiger partial charge in [-0.3, -0.25) is 0 Å². The fourth-order valence-electron chi connectivity index (χ4n) is 1.82. The Morgan fingerprint density at radius 2 is 2.10 bits per heavy atom. The van der Waals surface area contributed by atoms with E-state index in [4.69, 9.17) is 0 Å². The Bertz CT molecular complexity index is 689. The summed E-state index contributed by atoms with van der Waals surface area (Å²) in [6, 6.07) is 10.1. The molecule has 1 N–H and O–H groups in total. The van der Waals surface area contributed by atoms with Crippen LogP contribution in [0.4, 0.5) is 5.69 Å². The standard InChI is InChI=1S/C13H10Br2N4S/c14-10-5-9(20-13(10)15)6-17-11-3-1-2-4-12(11)19-8-16-7-18-19/h1-5,7-8,17H,6H2. The van der Waals surface area contributed by atoms with Gasteiger partial charge in [0.25, 0.3) is 0 Å². The van der Waals surface area contributed by atoms with Gasteiger partial charge in [-0.05, 0) is 50.1 Å². The van der Waals surface area contributed by atoms with Gasteiger partial charge in [0.15, 0.2) is 0 Å². The van der Waals surface area contributed by atoms with E-state index < -0.39 is 0 Å². The lowest BCUT2D eigenvalue weighted by molar-refractivity contribution is 0.878. The van der Waals surface area contributed by atoms with Crippen LogP contribution in [0.5, 0.6) is 0 Å². The zero-order chi connectivity index (χ0) is 13.9. The lowest BCUT2D eigenvalue weighted by Gasteiger charge is -2.10. The predicted molar refractivity (Wildman–Crippen MR) is 88.4 cm³/mol. The van der Waals surface area contributed by atoms with E-state index in [1.54, 1.807) is 22.3 Å². The highest BCUT2D eigenvalue weighted by Crippen LogP contribution is 2.33. The largest absolute Gasteiger partial charge is 0.378 e. The van der Waals surface area contributed by atoms with Crippen molar-refractivity contribution in [3.63, 3.8) is 0 Å². The van der Waals surface area contributed by atoms with Gasteiger partial charge in [-0.25, -0.2) is 9.67 Å². The molecule has 102 valence electrons. The molecule has 2 aromatic heterocycles. The number of thiophene rings is 1. The van der Waals surface area contributed by atoms with Crippen molar-refractivity contribution in [1.82, 2.24) is 14.8 Å². The summed E-state index contributed by atoms with van der Waals surface area (Å²) < 4.78 is 3.95. The highest BCUT2D eigenvalue weighted by molar-refractivity contribution is 9.13. The van der Waals surface area contributed by atoms with Crippen molar-refractivity contribution in [1.29, 1.82) is 0 Å². The lowest BCUT2D eigenvalue weighted by Crippen LogP contribution is -2.03. The minimum Gasteiger partial charge on any atom is -0.378 e. The van der Waals surface area contributed by atoms with Crippen LogP contribution in [-0.2, 0) is 6.54 Å². The van der Waals surface area contributed by atoms with Gasteiger partial charge in [0.2, 0.25) is 0 Å². The van der Waals surface area contributed by atoms with Crippen molar-refractivity contribution >= 4 is 48.9 Å². The Labute approximate surface area is 137 Å². The zero-order valence-electron chi connectivity index (χ0n) is 10.3. The Kier molecular flexibility index (Phi) is 4.18. The first-order valence-electron chi connectivity index (χ1n) is 5.85. The monoisotopic (exact) mass is 412 g/mol. The fraction of sp³-hybridized carbons (Fsp3) is 0.0769. The van der Waals surface area contributed by atoms with E-state index in [1.165, 1.54) is 11.2 Å². The number of nitrogens with zero attached hydrogens (tertiary/aromatic N) is 3. The van der Waals surface area contributed by atoms with E-state index in [0.717, 1.165) is 26.2 Å². The van der Waals surface area contributed by atoms with Gasteiger partial charge in [-0.2, -0.15) is 5.10 Å². The number of halogens is 2. The molecule has 0 bridgehead atoms. The molecule has 0 atom stereocenters. The molecule has 3 aromatic rings. The van der Waals surface area contributed by atoms with Gasteiger partial charge < -0.3 is 5.32 Å². The highest BCUT2D eigenvalue weighted by atomic mass is 79.9. The number of anilines is 1. The van der Waals surface area contributed by atoms with E-state index in [2.05, 4.69) is 53.3 Å². The van der Waals surface area contributed by atoms with Crippen LogP contribution >= 0.6 is 43.2 Å². The maximum atomic E-state index is 4.17. The van der Waals surface area contributed by atoms with Crippen LogP contribution in [0.15, 0.2) is 51.2 Å². The molecule has 0 radical (unpaired) electrons. The van der Waals surface area contributed by atoms with E-state index in [-0.39, 0.29) is 0 Å². The number of rotatable bonds is 4. The molecule has 0 aliphatic heterocycles. The summed E-state index contributed by atoms with van der Waals surface area (Å²) in [7, 11) is 0. The highest BCUT2D eigenvalue weighted by Gasteiger charge is 2.07. The molecule has 0 fully saturated rings. The molecule has 0 unspecified atom stereocenters. The van der Waals surface area contributed by atoms with Gasteiger partial charge in [0.1, 0.15) is 12.7 Å². The van der Waals surface area contributed by atoms with Crippen molar-refractivity contribution in [2.24, 2.45) is 0 Å². The van der Waals surface area contributed by atoms with Gasteiger partial charge >= 0.3 is 0 Å². The summed E-state index contributed by atoms with van der Waals surface area (Å²) in [5, 5.41) is 7.61. The molecule has 0 saturated carbocycles. The van der Waals surface area contributed by atoms with E-state index in [1.807, 2.05) is 24.3 Å². The second-order valence-electron chi connectivity index (χ2n) is 4.05. The van der Waals surface area contributed by atoms with E-state index in [9.17, 15) is 0 Å². The SMILES string of the molecule is Brc1cc(CNc2ccccc2-n2cncn2)sc1Br. The first-order valence-corrected chi connectivity index (χ1v) is 8.26. The zero-order valence-corrected chi connectivity index (χ0v) is 14.2. The third-order valence-electron chi connectivity index (χ3n) is 2.72. The second kappa shape index (κ2) is 6.07. The molecule has 2 heterocycles. The van der Waals surface area contributed by atoms with E-state index in [0.29, 0.717) is 0 Å². The van der Waals surface area contributed by atoms with Gasteiger partial charge in [-0.15, -0.1) is 11.3 Å². The van der Waals surface area contributed by atoms with Crippen molar-refractivity contribution in [3.05, 3.63) is 56.1 Å². The topological polar surface area (TPSA) is 42.7 Å². The van der Waals surface area contributed by atoms with Crippen LogP contribution in [0.2, 0.25) is 0 Å². The van der Waals surface area contributed by atoms with E-state index >= 15 is 0 Å². The fourth-order valence-corrected chi connectivity index (χ4v) is 3.93. The molecule has 7 heteroatoms. The van der Waals surface area contributed by atoms with Gasteiger partial charge in [0.05, 0.1) is 15.2 Å². The number of para-hydroxylation sites is 2. The molecule has 0 saturated heterocycles. The van der Waals surface area contributed by atoms with Gasteiger partial charge in [0, 0.05) is 15.9 Å². The predicted octanol–water partition coefficient (Wildman–Crippen LogP) is 4.47. The number of aromatic nitrogens is 3. The Hall–Kier alpha value is -1.18. The third-order valence-corrected chi connectivity index (χ3v) is 5.98. The molecular weight excluding hydrogens is 404 g/mol. The summed E-state index contributed by atoms with van der Waals surface area (Å²) >= 11 is 8.72. The number of nitrogens with one attached hydrogen (secondary N) is 1. The number of hydrogen-bond acceptors (Lipinski definition) is 4. The smallest absolute Gasteiger partial charge is 0.138 e. The van der Waals surface area contributed by atoms with Crippen LogP contribution in [0.25, 0.3) is 5.69 Å². The Morgan fingerprint density at radius 3 is 2.80 bits per heavy atom. The molecule has 4 nitrogen and oxygen atoms in total. The molecule has 0 aliphatic rings. The average Bonchev–Trinajstić information content (AvgIpc) is 3.08. The minimum atomic E-state index is 0.764. The minimum absolute atomic E-state index is 0.764. The normalized spacial score (nSPS) is 10.7. The summed E-state index contributed by atoms with van der Waals surface area (Å²) in [6.07, 6.45) is 3.23.